The summed E-state index contributed by atoms with van der Waals surface area (Å²) in [5.74, 6) is 0.743. The molecule has 17 nitrogen and oxygen atoms in total. The molecule has 312 valence electrons. The number of halogens is 4. The van der Waals surface area contributed by atoms with E-state index in [-0.39, 0.29) is 78.6 Å². The van der Waals surface area contributed by atoms with Gasteiger partial charge in [-0.05, 0) is 79.9 Å². The maximum atomic E-state index is 14.0. The van der Waals surface area contributed by atoms with Crippen LogP contribution in [-0.4, -0.2) is 93.3 Å². The summed E-state index contributed by atoms with van der Waals surface area (Å²) in [6.45, 7) is 0.752. The van der Waals surface area contributed by atoms with Crippen LogP contribution in [0.2, 0.25) is 0 Å². The molecule has 4 aromatic rings. The molecule has 0 radical (unpaired) electrons. The second-order valence-corrected chi connectivity index (χ2v) is 13.8. The van der Waals surface area contributed by atoms with Crippen LogP contribution in [0.4, 0.5) is 45.4 Å². The third-order valence-electron chi connectivity index (χ3n) is 9.70. The minimum absolute atomic E-state index is 0.00367. The molecule has 21 heteroatoms. The summed E-state index contributed by atoms with van der Waals surface area (Å²) >= 11 is 0. The number of rotatable bonds is 10. The van der Waals surface area contributed by atoms with Gasteiger partial charge in [0.25, 0.3) is 17.7 Å². The third kappa shape index (κ3) is 8.82. The Morgan fingerprint density at radius 2 is 1.74 bits per heavy atom. The van der Waals surface area contributed by atoms with Gasteiger partial charge in [0.05, 0.1) is 23.2 Å². The van der Waals surface area contributed by atoms with E-state index < -0.39 is 76.9 Å². The van der Waals surface area contributed by atoms with Crippen molar-refractivity contribution in [1.82, 2.24) is 30.7 Å². The summed E-state index contributed by atoms with van der Waals surface area (Å²) in [5, 5.41) is 18.1. The van der Waals surface area contributed by atoms with Crippen LogP contribution in [0, 0.1) is 24.6 Å². The predicted molar refractivity (Wildman–Crippen MR) is 206 cm³/mol. The number of anilines is 4. The first kappa shape index (κ1) is 41.4. The summed E-state index contributed by atoms with van der Waals surface area (Å²) in [4.78, 5) is 96.9. The normalized spacial score (nSPS) is 17.3. The van der Waals surface area contributed by atoms with Crippen molar-refractivity contribution in [2.45, 2.75) is 44.4 Å². The first-order chi connectivity index (χ1) is 29.1. The molecule has 2 fully saturated rings. The standard InChI is InChI=1S/C40H32F4N10O7/c1-21-18-22(40(42,43)44)19-31(47-21)53-29(20-46-39(53)61)37(59)52(25-10-7-23(41)8-11-25)17-3-4-24-9-13-30(51-50-24)48-33(56)15-16-45-27-6-2-5-26-34(27)38(60)54(36(26)58)28-12-14-32(55)49-35(28)57/h2,5-11,13,18-19,28-29,45H,12,14-17,20H2,1H3,(H,46,61)(H,48,51,56)(H,49,55,57)/t28?,29-/m0/s1. The molecule has 2 aromatic heterocycles. The monoisotopic (exact) mass is 840 g/mol. The topological polar surface area (TPSA) is 216 Å². The molecule has 0 saturated carbocycles. The molecule has 2 atom stereocenters. The van der Waals surface area contributed by atoms with E-state index in [1.54, 1.807) is 12.1 Å². The van der Waals surface area contributed by atoms with Crippen molar-refractivity contribution >= 4 is 64.5 Å². The van der Waals surface area contributed by atoms with Gasteiger partial charge in [0.15, 0.2) is 5.82 Å². The molecule has 2 aromatic carbocycles. The quantitative estimate of drug-likeness (QED) is 0.103. The zero-order valence-electron chi connectivity index (χ0n) is 31.8. The fourth-order valence-corrected chi connectivity index (χ4v) is 6.85. The maximum Gasteiger partial charge on any atom is 0.416 e. The first-order valence-corrected chi connectivity index (χ1v) is 18.5. The third-order valence-corrected chi connectivity index (χ3v) is 9.70. The van der Waals surface area contributed by atoms with E-state index in [9.17, 15) is 51.1 Å². The van der Waals surface area contributed by atoms with Gasteiger partial charge in [-0.3, -0.25) is 48.8 Å². The van der Waals surface area contributed by atoms with E-state index in [2.05, 4.69) is 48.3 Å². The molecular formula is C40H32F4N10O7. The van der Waals surface area contributed by atoms with Crippen LogP contribution in [0.3, 0.4) is 0 Å². The Bertz CT molecular complexity index is 2540. The molecular weight excluding hydrogens is 808 g/mol. The number of urea groups is 1. The lowest BCUT2D eigenvalue weighted by Crippen LogP contribution is -2.54. The number of fused-ring (bicyclic) bond motifs is 1. The van der Waals surface area contributed by atoms with Gasteiger partial charge in [-0.25, -0.2) is 14.2 Å². The van der Waals surface area contributed by atoms with Gasteiger partial charge in [-0.1, -0.05) is 12.0 Å². The summed E-state index contributed by atoms with van der Waals surface area (Å²) in [5.41, 5.74) is -0.399. The number of amides is 8. The van der Waals surface area contributed by atoms with Crippen molar-refractivity contribution < 1.29 is 51.1 Å². The number of aromatic nitrogens is 3. The Kier molecular flexibility index (Phi) is 11.4. The molecule has 0 bridgehead atoms. The van der Waals surface area contributed by atoms with Crippen molar-refractivity contribution in [2.75, 3.05) is 40.1 Å². The lowest BCUT2D eigenvalue weighted by atomic mass is 10.0. The highest BCUT2D eigenvalue weighted by atomic mass is 19.4. The van der Waals surface area contributed by atoms with Crippen molar-refractivity contribution in [2.24, 2.45) is 0 Å². The lowest BCUT2D eigenvalue weighted by Gasteiger charge is -2.28. The second-order valence-electron chi connectivity index (χ2n) is 13.8. The number of alkyl halides is 3. The number of imide groups is 2. The van der Waals surface area contributed by atoms with E-state index in [0.29, 0.717) is 6.07 Å². The largest absolute Gasteiger partial charge is 0.416 e. The highest BCUT2D eigenvalue weighted by molar-refractivity contribution is 6.25. The van der Waals surface area contributed by atoms with Gasteiger partial charge >= 0.3 is 12.2 Å². The fourth-order valence-electron chi connectivity index (χ4n) is 6.85. The van der Waals surface area contributed by atoms with E-state index >= 15 is 0 Å². The summed E-state index contributed by atoms with van der Waals surface area (Å²) in [6.07, 6.45) is -4.88. The van der Waals surface area contributed by atoms with Crippen LogP contribution >= 0.6 is 0 Å². The number of hydrogen-bond donors (Lipinski definition) is 4. The molecule has 1 unspecified atom stereocenters. The number of nitrogens with zero attached hydrogens (tertiary/aromatic N) is 6. The number of piperidine rings is 1. The number of benzene rings is 2. The molecule has 4 N–H and O–H groups in total. The zero-order valence-corrected chi connectivity index (χ0v) is 31.8. The zero-order chi connectivity index (χ0) is 43.6. The summed E-state index contributed by atoms with van der Waals surface area (Å²) in [7, 11) is 0. The molecule has 61 heavy (non-hydrogen) atoms. The van der Waals surface area contributed by atoms with Gasteiger partial charge in [0.2, 0.25) is 17.7 Å². The van der Waals surface area contributed by atoms with Gasteiger partial charge in [0, 0.05) is 43.0 Å². The smallest absolute Gasteiger partial charge is 0.384 e. The van der Waals surface area contributed by atoms with Crippen molar-refractivity contribution in [3.05, 3.63) is 101 Å². The fraction of sp³-hybridized carbons (Fsp3) is 0.250. The number of carbonyl (C=O) groups excluding carboxylic acids is 7. The lowest BCUT2D eigenvalue weighted by molar-refractivity contribution is -0.138. The highest BCUT2D eigenvalue weighted by Gasteiger charge is 2.46. The van der Waals surface area contributed by atoms with E-state index in [4.69, 9.17) is 0 Å². The molecule has 0 spiro atoms. The van der Waals surface area contributed by atoms with Crippen molar-refractivity contribution in [3.63, 3.8) is 0 Å². The predicted octanol–water partition coefficient (Wildman–Crippen LogP) is 3.16. The Balaban J connectivity index is 0.978. The van der Waals surface area contributed by atoms with Crippen LogP contribution in [0.5, 0.6) is 0 Å². The van der Waals surface area contributed by atoms with Crippen LogP contribution in [0.25, 0.3) is 0 Å². The number of nitrogens with one attached hydrogen (secondary N) is 4. The molecule has 5 heterocycles. The SMILES string of the molecule is Cc1cc(C(F)(F)F)cc(N2C(=O)NC[C@H]2C(=O)N(CC#Cc2ccc(NC(=O)CCNc3cccc4c3C(=O)N(C3CCC(=O)NC3=O)C4=O)nn2)c2ccc(F)cc2)n1. The van der Waals surface area contributed by atoms with Gasteiger partial charge in [0.1, 0.15) is 29.4 Å². The van der Waals surface area contributed by atoms with E-state index in [1.807, 2.05) is 0 Å². The van der Waals surface area contributed by atoms with Crippen molar-refractivity contribution in [1.29, 1.82) is 0 Å². The molecule has 3 aliphatic rings. The maximum absolute atomic E-state index is 14.0. The summed E-state index contributed by atoms with van der Waals surface area (Å²) < 4.78 is 54.7. The van der Waals surface area contributed by atoms with Gasteiger partial charge in [-0.2, -0.15) is 13.2 Å². The molecule has 8 amide bonds. The van der Waals surface area contributed by atoms with Gasteiger partial charge < -0.3 is 16.0 Å². The Hall–Kier alpha value is -7.76. The minimum atomic E-state index is -4.75. The average molecular weight is 841 g/mol. The average Bonchev–Trinajstić information content (AvgIpc) is 3.73. The van der Waals surface area contributed by atoms with Crippen LogP contribution in [-0.2, 0) is 25.4 Å². The van der Waals surface area contributed by atoms with Crippen LogP contribution < -0.4 is 31.1 Å². The number of aryl methyl sites for hydroxylation is 1. The van der Waals surface area contributed by atoms with Crippen molar-refractivity contribution in [3.8, 4) is 11.8 Å². The molecule has 0 aliphatic carbocycles. The molecule has 2 saturated heterocycles. The minimum Gasteiger partial charge on any atom is -0.384 e. The van der Waals surface area contributed by atoms with Crippen LogP contribution in [0.1, 0.15) is 56.9 Å². The van der Waals surface area contributed by atoms with Crippen LogP contribution in [0.15, 0.2) is 66.7 Å². The number of hydrogen-bond acceptors (Lipinski definition) is 11. The number of pyridine rings is 1. The Labute approximate surface area is 342 Å². The Morgan fingerprint density at radius 1 is 0.967 bits per heavy atom. The molecule has 3 aliphatic heterocycles. The summed E-state index contributed by atoms with van der Waals surface area (Å²) in [6, 6.07) is 10.4. The first-order valence-electron chi connectivity index (χ1n) is 18.5. The number of carbonyl (C=O) groups is 7. The molecule has 7 rings (SSSR count). The van der Waals surface area contributed by atoms with E-state index in [1.165, 1.54) is 37.3 Å². The second kappa shape index (κ2) is 16.8. The Morgan fingerprint density at radius 3 is 2.44 bits per heavy atom. The van der Waals surface area contributed by atoms with E-state index in [0.717, 1.165) is 32.9 Å². The van der Waals surface area contributed by atoms with Gasteiger partial charge in [-0.15, -0.1) is 10.2 Å². The highest BCUT2D eigenvalue weighted by Crippen LogP contribution is 2.34.